The van der Waals surface area contributed by atoms with Crippen LogP contribution in [-0.4, -0.2) is 48.9 Å². The molecular weight excluding hydrogens is 394 g/mol. The van der Waals surface area contributed by atoms with E-state index in [0.717, 1.165) is 43.7 Å². The van der Waals surface area contributed by atoms with Crippen LogP contribution >= 0.6 is 0 Å². The highest BCUT2D eigenvalue weighted by Crippen LogP contribution is 2.33. The fraction of sp³-hybridized carbons (Fsp3) is 0.476. The van der Waals surface area contributed by atoms with Crippen LogP contribution < -0.4 is 25.2 Å². The average Bonchev–Trinajstić information content (AvgIpc) is 3.16. The van der Waals surface area contributed by atoms with Gasteiger partial charge in [-0.1, -0.05) is 6.07 Å². The lowest BCUT2D eigenvalue weighted by molar-refractivity contribution is -0.0514. The number of halogens is 2. The Balaban J connectivity index is 1.37. The van der Waals surface area contributed by atoms with Crippen LogP contribution in [0.5, 0.6) is 11.5 Å². The Bertz CT molecular complexity index is 929. The molecule has 2 aliphatic rings. The summed E-state index contributed by atoms with van der Waals surface area (Å²) < 4.78 is 35.2. The quantitative estimate of drug-likeness (QED) is 0.717. The molecule has 7 nitrogen and oxygen atoms in total. The van der Waals surface area contributed by atoms with Gasteiger partial charge in [0.25, 0.3) is 5.56 Å². The van der Waals surface area contributed by atoms with E-state index in [4.69, 9.17) is 4.74 Å². The molecule has 0 unspecified atom stereocenters. The summed E-state index contributed by atoms with van der Waals surface area (Å²) in [6, 6.07) is 7.45. The number of nitrogens with zero attached hydrogens (tertiary/aromatic N) is 2. The van der Waals surface area contributed by atoms with Gasteiger partial charge in [-0.3, -0.25) is 9.69 Å². The molecule has 0 aliphatic carbocycles. The maximum absolute atomic E-state index is 12.6. The fourth-order valence-corrected chi connectivity index (χ4v) is 4.21. The van der Waals surface area contributed by atoms with E-state index >= 15 is 0 Å². The topological polar surface area (TPSA) is 69.8 Å². The van der Waals surface area contributed by atoms with Crippen molar-refractivity contribution in [2.75, 3.05) is 36.6 Å². The number of pyridine rings is 1. The average molecular weight is 420 g/mol. The first-order valence-corrected chi connectivity index (χ1v) is 10.2. The number of likely N-dealkylation sites (tertiary alicyclic amines) is 1. The Morgan fingerprint density at radius 1 is 1.20 bits per heavy atom. The molecule has 1 fully saturated rings. The highest BCUT2D eigenvalue weighted by molar-refractivity contribution is 5.73. The smallest absolute Gasteiger partial charge is 0.387 e. The summed E-state index contributed by atoms with van der Waals surface area (Å²) in [5, 5.41) is 3.19. The summed E-state index contributed by atoms with van der Waals surface area (Å²) in [5.41, 5.74) is 2.53. The van der Waals surface area contributed by atoms with Crippen LogP contribution in [0.2, 0.25) is 0 Å². The number of aromatic nitrogens is 1. The van der Waals surface area contributed by atoms with Crippen molar-refractivity contribution in [3.05, 3.63) is 46.4 Å². The number of hydrogen-bond acceptors (Lipinski definition) is 6. The van der Waals surface area contributed by atoms with E-state index in [2.05, 4.69) is 24.8 Å². The van der Waals surface area contributed by atoms with Crippen LogP contribution in [0.25, 0.3) is 0 Å². The molecule has 1 saturated heterocycles. The lowest BCUT2D eigenvalue weighted by Crippen LogP contribution is -2.44. The summed E-state index contributed by atoms with van der Waals surface area (Å²) in [7, 11) is 0. The van der Waals surface area contributed by atoms with Gasteiger partial charge in [0, 0.05) is 31.9 Å². The summed E-state index contributed by atoms with van der Waals surface area (Å²) in [4.78, 5) is 19.3. The van der Waals surface area contributed by atoms with Gasteiger partial charge in [-0.15, -0.1) is 0 Å². The third kappa shape index (κ3) is 4.35. The first-order chi connectivity index (χ1) is 14.5. The molecular formula is C21H26F2N4O3. The molecule has 4 rings (SSSR count). The van der Waals surface area contributed by atoms with Crippen molar-refractivity contribution in [1.82, 2.24) is 9.88 Å². The molecule has 9 heteroatoms. The van der Waals surface area contributed by atoms with Gasteiger partial charge in [-0.05, 0) is 43.5 Å². The van der Waals surface area contributed by atoms with Crippen molar-refractivity contribution in [3.8, 4) is 11.5 Å². The standard InChI is InChI=1S/C21H26F2N4O3/c1-2-29-18-11-14(3-4-17(18)30-21(22)23)12-26-9-6-15(7-10-26)27-13-25-19-16(27)5-8-24-20(19)28/h3-5,8,11,15,21,25H,2,6-7,9-10,12-13H2,1H3,(H,24,28). The van der Waals surface area contributed by atoms with Crippen molar-refractivity contribution in [3.63, 3.8) is 0 Å². The molecule has 3 heterocycles. The number of anilines is 2. The van der Waals surface area contributed by atoms with Gasteiger partial charge in [-0.25, -0.2) is 0 Å². The van der Waals surface area contributed by atoms with E-state index in [-0.39, 0.29) is 11.3 Å². The lowest BCUT2D eigenvalue weighted by atomic mass is 10.0. The molecule has 2 aliphatic heterocycles. The number of rotatable bonds is 7. The lowest BCUT2D eigenvalue weighted by Gasteiger charge is -2.37. The Morgan fingerprint density at radius 2 is 2.00 bits per heavy atom. The first-order valence-electron chi connectivity index (χ1n) is 10.2. The maximum Gasteiger partial charge on any atom is 0.387 e. The van der Waals surface area contributed by atoms with Gasteiger partial charge in [0.1, 0.15) is 5.69 Å². The van der Waals surface area contributed by atoms with Crippen LogP contribution in [-0.2, 0) is 6.54 Å². The molecule has 30 heavy (non-hydrogen) atoms. The normalized spacial score (nSPS) is 17.1. The minimum atomic E-state index is -2.88. The molecule has 2 N–H and O–H groups in total. The predicted octanol–water partition coefficient (Wildman–Crippen LogP) is 3.23. The van der Waals surface area contributed by atoms with Crippen molar-refractivity contribution < 1.29 is 18.3 Å². The van der Waals surface area contributed by atoms with E-state index in [9.17, 15) is 13.6 Å². The van der Waals surface area contributed by atoms with E-state index in [1.54, 1.807) is 24.4 Å². The molecule has 1 aromatic heterocycles. The van der Waals surface area contributed by atoms with E-state index < -0.39 is 6.61 Å². The molecule has 0 amide bonds. The Morgan fingerprint density at radius 3 is 2.73 bits per heavy atom. The Hall–Kier alpha value is -2.81. The van der Waals surface area contributed by atoms with Crippen LogP contribution in [0.4, 0.5) is 20.2 Å². The van der Waals surface area contributed by atoms with Gasteiger partial charge < -0.3 is 24.7 Å². The van der Waals surface area contributed by atoms with Crippen molar-refractivity contribution in [2.24, 2.45) is 0 Å². The monoisotopic (exact) mass is 420 g/mol. The number of aromatic amines is 1. The molecule has 0 atom stereocenters. The molecule has 0 bridgehead atoms. The Labute approximate surface area is 173 Å². The minimum absolute atomic E-state index is 0.0597. The maximum atomic E-state index is 12.6. The Kier molecular flexibility index (Phi) is 6.08. The summed E-state index contributed by atoms with van der Waals surface area (Å²) >= 11 is 0. The number of H-pyrrole nitrogens is 1. The van der Waals surface area contributed by atoms with E-state index in [1.165, 1.54) is 0 Å². The number of ether oxygens (including phenoxy) is 2. The number of nitrogens with one attached hydrogen (secondary N) is 2. The highest BCUT2D eigenvalue weighted by Gasteiger charge is 2.30. The fourth-order valence-electron chi connectivity index (χ4n) is 4.21. The SMILES string of the molecule is CCOc1cc(CN2CCC(N3CNc4c3cc[nH]c4=O)CC2)ccc1OC(F)F. The van der Waals surface area contributed by atoms with Crippen molar-refractivity contribution in [2.45, 2.75) is 39.0 Å². The van der Waals surface area contributed by atoms with E-state index in [0.29, 0.717) is 30.8 Å². The number of fused-ring (bicyclic) bond motifs is 1. The van der Waals surface area contributed by atoms with Crippen LogP contribution in [0.15, 0.2) is 35.3 Å². The second-order valence-corrected chi connectivity index (χ2v) is 7.47. The molecule has 0 radical (unpaired) electrons. The number of piperidine rings is 1. The molecule has 0 spiro atoms. The largest absolute Gasteiger partial charge is 0.490 e. The first kappa shape index (κ1) is 20.5. The van der Waals surface area contributed by atoms with Crippen LogP contribution in [0, 0.1) is 0 Å². The summed E-state index contributed by atoms with van der Waals surface area (Å²) in [6.45, 7) is 2.51. The van der Waals surface area contributed by atoms with Crippen molar-refractivity contribution >= 4 is 11.4 Å². The van der Waals surface area contributed by atoms with Gasteiger partial charge in [0.15, 0.2) is 11.5 Å². The molecule has 1 aromatic carbocycles. The van der Waals surface area contributed by atoms with Crippen LogP contribution in [0.3, 0.4) is 0 Å². The minimum Gasteiger partial charge on any atom is -0.490 e. The summed E-state index contributed by atoms with van der Waals surface area (Å²) in [6.07, 6.45) is 3.66. The third-order valence-corrected chi connectivity index (χ3v) is 5.60. The number of hydrogen-bond donors (Lipinski definition) is 2. The van der Waals surface area contributed by atoms with Gasteiger partial charge >= 0.3 is 6.61 Å². The van der Waals surface area contributed by atoms with Gasteiger partial charge in [0.2, 0.25) is 0 Å². The zero-order chi connectivity index (χ0) is 21.1. The molecule has 2 aromatic rings. The van der Waals surface area contributed by atoms with E-state index in [1.807, 2.05) is 13.0 Å². The van der Waals surface area contributed by atoms with Gasteiger partial charge in [0.05, 0.1) is 19.0 Å². The number of alkyl halides is 2. The molecule has 162 valence electrons. The van der Waals surface area contributed by atoms with Crippen LogP contribution in [0.1, 0.15) is 25.3 Å². The second-order valence-electron chi connectivity index (χ2n) is 7.47. The zero-order valence-electron chi connectivity index (χ0n) is 16.9. The summed E-state index contributed by atoms with van der Waals surface area (Å²) in [5.74, 6) is 0.402. The van der Waals surface area contributed by atoms with Crippen molar-refractivity contribution in [1.29, 1.82) is 0 Å². The zero-order valence-corrected chi connectivity index (χ0v) is 16.9. The third-order valence-electron chi connectivity index (χ3n) is 5.60. The molecule has 0 saturated carbocycles. The predicted molar refractivity (Wildman–Crippen MR) is 111 cm³/mol. The highest BCUT2D eigenvalue weighted by atomic mass is 19.3. The van der Waals surface area contributed by atoms with Gasteiger partial charge in [-0.2, -0.15) is 8.78 Å². The number of benzene rings is 1. The second kappa shape index (κ2) is 8.91.